The summed E-state index contributed by atoms with van der Waals surface area (Å²) in [5.41, 5.74) is 0. The van der Waals surface area contributed by atoms with Gasteiger partial charge in [-0.05, 0) is 25.9 Å². The van der Waals surface area contributed by atoms with Crippen LogP contribution in [0.15, 0.2) is 0 Å². The minimum atomic E-state index is 0.427. The number of fused-ring (bicyclic) bond motifs is 1. The maximum atomic E-state index is 11.8. The smallest absolute Gasteiger partial charge is 0.306 e. The van der Waals surface area contributed by atoms with Gasteiger partial charge in [0.25, 0.3) is 0 Å². The van der Waals surface area contributed by atoms with E-state index in [1.165, 1.54) is 19.5 Å². The first kappa shape index (κ1) is 10.1. The van der Waals surface area contributed by atoms with E-state index >= 15 is 0 Å². The Kier molecular flexibility index (Phi) is 2.40. The third-order valence-corrected chi connectivity index (χ3v) is 3.90. The van der Waals surface area contributed by atoms with Gasteiger partial charge in [0.2, 0.25) is 0 Å². The second kappa shape index (κ2) is 3.31. The molecule has 1 amide bonds. The molecule has 0 aromatic carbocycles. The molecule has 2 saturated heterocycles. The average Bonchev–Trinajstić information content (AvgIpc) is 2.07. The zero-order valence-corrected chi connectivity index (χ0v) is 9.49. The minimum absolute atomic E-state index is 0.427. The van der Waals surface area contributed by atoms with Crippen LogP contribution in [0.25, 0.3) is 0 Å². The Bertz CT molecular complexity index is 250. The first-order valence-electron chi connectivity index (χ1n) is 5.54. The van der Waals surface area contributed by atoms with Crippen LogP contribution < -0.4 is 0 Å². The molecule has 2 aliphatic heterocycles. The molecule has 80 valence electrons. The molecule has 0 aromatic rings. The van der Waals surface area contributed by atoms with Crippen LogP contribution in [0.4, 0.5) is 0 Å². The highest BCUT2D eigenvalue weighted by atomic mass is 16.2. The molecule has 0 aromatic heterocycles. The Balaban J connectivity index is 2.09. The summed E-state index contributed by atoms with van der Waals surface area (Å²) in [5.74, 6) is 1.84. The molecule has 3 heteroatoms. The quantitative estimate of drug-likeness (QED) is 0.529. The van der Waals surface area contributed by atoms with Crippen molar-refractivity contribution >= 4 is 5.91 Å². The summed E-state index contributed by atoms with van der Waals surface area (Å²) in [7, 11) is 6.28. The number of carbonyl (C=O) groups is 1. The number of quaternary nitrogens is 1. The van der Waals surface area contributed by atoms with Crippen molar-refractivity contribution in [2.24, 2.45) is 11.8 Å². The van der Waals surface area contributed by atoms with Gasteiger partial charge in [-0.15, -0.1) is 0 Å². The fraction of sp³-hybridized carbons (Fsp3) is 0.909. The third kappa shape index (κ3) is 1.71. The molecule has 0 saturated carbocycles. The minimum Gasteiger partial charge on any atom is -0.306 e. The summed E-state index contributed by atoms with van der Waals surface area (Å²) in [6.07, 6.45) is 2.03. The van der Waals surface area contributed by atoms with Crippen molar-refractivity contribution in [2.75, 3.05) is 40.8 Å². The van der Waals surface area contributed by atoms with Crippen molar-refractivity contribution in [1.29, 1.82) is 0 Å². The van der Waals surface area contributed by atoms with Gasteiger partial charge in [0.05, 0.1) is 27.1 Å². The Labute approximate surface area is 86.3 Å². The molecule has 3 nitrogen and oxygen atoms in total. The third-order valence-electron chi connectivity index (χ3n) is 3.90. The standard InChI is InChI=1S/C11H21N2O/c1-12-5-4-9-6-11(14)13(2,3)8-10(9)7-12/h9-10H,4-8H2,1-3H3/q+1. The van der Waals surface area contributed by atoms with Crippen LogP contribution in [0.2, 0.25) is 0 Å². The molecule has 2 fully saturated rings. The highest BCUT2D eigenvalue weighted by molar-refractivity contribution is 5.69. The number of hydrogen-bond acceptors (Lipinski definition) is 2. The normalized spacial score (nSPS) is 38.1. The predicted octanol–water partition coefficient (Wildman–Crippen LogP) is 0.561. The van der Waals surface area contributed by atoms with Crippen molar-refractivity contribution in [3.63, 3.8) is 0 Å². The van der Waals surface area contributed by atoms with E-state index in [1.807, 2.05) is 14.1 Å². The van der Waals surface area contributed by atoms with Crippen LogP contribution in [0.3, 0.4) is 0 Å². The van der Waals surface area contributed by atoms with Gasteiger partial charge in [0.15, 0.2) is 0 Å². The van der Waals surface area contributed by atoms with Crippen molar-refractivity contribution in [3.8, 4) is 0 Å². The zero-order valence-electron chi connectivity index (χ0n) is 9.49. The van der Waals surface area contributed by atoms with Crippen molar-refractivity contribution in [2.45, 2.75) is 12.8 Å². The van der Waals surface area contributed by atoms with E-state index in [-0.39, 0.29) is 0 Å². The number of carbonyl (C=O) groups excluding carboxylic acids is 1. The first-order chi connectivity index (χ1) is 6.49. The van der Waals surface area contributed by atoms with Crippen LogP contribution in [0.5, 0.6) is 0 Å². The number of hydrogen-bond donors (Lipinski definition) is 0. The second-order valence-electron chi connectivity index (χ2n) is 5.54. The monoisotopic (exact) mass is 197 g/mol. The Morgan fingerprint density at radius 1 is 1.36 bits per heavy atom. The molecule has 2 heterocycles. The van der Waals surface area contributed by atoms with E-state index in [4.69, 9.17) is 0 Å². The van der Waals surface area contributed by atoms with Gasteiger partial charge in [-0.1, -0.05) is 0 Å². The van der Waals surface area contributed by atoms with E-state index in [0.717, 1.165) is 18.9 Å². The van der Waals surface area contributed by atoms with Crippen molar-refractivity contribution in [1.82, 2.24) is 4.90 Å². The van der Waals surface area contributed by atoms with Gasteiger partial charge < -0.3 is 4.90 Å². The highest BCUT2D eigenvalue weighted by Crippen LogP contribution is 2.33. The molecule has 2 rings (SSSR count). The van der Waals surface area contributed by atoms with Crippen LogP contribution in [-0.2, 0) is 4.79 Å². The highest BCUT2D eigenvalue weighted by Gasteiger charge is 2.43. The van der Waals surface area contributed by atoms with Crippen molar-refractivity contribution in [3.05, 3.63) is 0 Å². The van der Waals surface area contributed by atoms with Gasteiger partial charge >= 0.3 is 5.91 Å². The number of piperidine rings is 2. The van der Waals surface area contributed by atoms with Crippen LogP contribution in [0, 0.1) is 11.8 Å². The summed E-state index contributed by atoms with van der Waals surface area (Å²) < 4.78 is 0.592. The van der Waals surface area contributed by atoms with Gasteiger partial charge in [-0.3, -0.25) is 4.48 Å². The molecule has 0 spiro atoms. The fourth-order valence-electron chi connectivity index (χ4n) is 2.90. The maximum absolute atomic E-state index is 11.8. The zero-order chi connectivity index (χ0) is 10.3. The molecule has 0 N–H and O–H groups in total. The van der Waals surface area contributed by atoms with Crippen LogP contribution in [0.1, 0.15) is 12.8 Å². The molecule has 0 aliphatic carbocycles. The average molecular weight is 197 g/mol. The van der Waals surface area contributed by atoms with Crippen LogP contribution >= 0.6 is 0 Å². The lowest BCUT2D eigenvalue weighted by molar-refractivity contribution is -0.823. The number of likely N-dealkylation sites (tertiary alicyclic amines) is 2. The number of nitrogens with zero attached hydrogens (tertiary/aromatic N) is 2. The lowest BCUT2D eigenvalue weighted by atomic mass is 9.79. The second-order valence-corrected chi connectivity index (χ2v) is 5.54. The van der Waals surface area contributed by atoms with Crippen LogP contribution in [-0.4, -0.2) is 56.1 Å². The van der Waals surface area contributed by atoms with E-state index in [1.54, 1.807) is 0 Å². The summed E-state index contributed by atoms with van der Waals surface area (Å²) in [6.45, 7) is 3.38. The predicted molar refractivity (Wildman–Crippen MR) is 55.7 cm³/mol. The molecule has 0 bridgehead atoms. The van der Waals surface area contributed by atoms with Gasteiger partial charge in [-0.25, -0.2) is 4.79 Å². The lowest BCUT2D eigenvalue weighted by Crippen LogP contribution is -2.58. The van der Waals surface area contributed by atoms with E-state index in [0.29, 0.717) is 16.3 Å². The summed E-state index contributed by atoms with van der Waals surface area (Å²) in [6, 6.07) is 0. The maximum Gasteiger partial charge on any atom is 0.313 e. The van der Waals surface area contributed by atoms with E-state index in [9.17, 15) is 4.79 Å². The summed E-state index contributed by atoms with van der Waals surface area (Å²) >= 11 is 0. The summed E-state index contributed by atoms with van der Waals surface area (Å²) in [5, 5.41) is 0. The summed E-state index contributed by atoms with van der Waals surface area (Å²) in [4.78, 5) is 14.2. The molecule has 0 radical (unpaired) electrons. The molecule has 2 aliphatic rings. The molecular formula is C11H21N2O+. The SMILES string of the molecule is CN1CCC2CC(=O)[N+](C)(C)CC2C1. The lowest BCUT2D eigenvalue weighted by Gasteiger charge is -2.44. The van der Waals surface area contributed by atoms with Gasteiger partial charge in [-0.2, -0.15) is 0 Å². The van der Waals surface area contributed by atoms with Gasteiger partial charge in [0, 0.05) is 12.5 Å². The fourth-order valence-corrected chi connectivity index (χ4v) is 2.90. The molecule has 14 heavy (non-hydrogen) atoms. The first-order valence-corrected chi connectivity index (χ1v) is 5.54. The number of rotatable bonds is 0. The van der Waals surface area contributed by atoms with E-state index in [2.05, 4.69) is 11.9 Å². The Morgan fingerprint density at radius 2 is 2.07 bits per heavy atom. The van der Waals surface area contributed by atoms with Gasteiger partial charge in [0.1, 0.15) is 0 Å². The molecular weight excluding hydrogens is 176 g/mol. The Morgan fingerprint density at radius 3 is 2.79 bits per heavy atom. The topological polar surface area (TPSA) is 20.3 Å². The molecule has 2 atom stereocenters. The van der Waals surface area contributed by atoms with Crippen molar-refractivity contribution < 1.29 is 9.28 Å². The number of amides is 1. The molecule has 2 unspecified atom stereocenters. The Hall–Kier alpha value is -0.410. The largest absolute Gasteiger partial charge is 0.313 e. The van der Waals surface area contributed by atoms with E-state index < -0.39 is 0 Å².